The van der Waals surface area contributed by atoms with Crippen LogP contribution >= 0.6 is 11.6 Å². The van der Waals surface area contributed by atoms with Gasteiger partial charge in [-0.05, 0) is 56.3 Å². The summed E-state index contributed by atoms with van der Waals surface area (Å²) in [5.74, 6) is -0.286. The van der Waals surface area contributed by atoms with E-state index in [4.69, 9.17) is 21.6 Å². The number of hydrogen-bond donors (Lipinski definition) is 2. The number of nitrogens with one attached hydrogen (secondary N) is 2. The van der Waals surface area contributed by atoms with Gasteiger partial charge in [-0.15, -0.1) is 0 Å². The van der Waals surface area contributed by atoms with Gasteiger partial charge < -0.3 is 20.3 Å². The largest absolute Gasteiger partial charge is 0.376 e. The molecule has 1 saturated heterocycles. The average Bonchev–Trinajstić information content (AvgIpc) is 2.71. The minimum Gasteiger partial charge on any atom is -0.376 e. The third-order valence-electron chi connectivity index (χ3n) is 4.67. The molecule has 2 aromatic rings. The van der Waals surface area contributed by atoms with Crippen LogP contribution in [0.1, 0.15) is 29.8 Å². The molecule has 2 N–H and O–H groups in total. The van der Waals surface area contributed by atoms with Crippen LogP contribution in [-0.4, -0.2) is 48.6 Å². The van der Waals surface area contributed by atoms with Crippen LogP contribution in [0.15, 0.2) is 42.5 Å². The number of nitriles is 1. The molecule has 0 saturated carbocycles. The van der Waals surface area contributed by atoms with Crippen molar-refractivity contribution in [2.75, 3.05) is 30.3 Å². The predicted octanol–water partition coefficient (Wildman–Crippen LogP) is 3.51. The molecule has 1 aliphatic heterocycles. The number of rotatable bonds is 5. The van der Waals surface area contributed by atoms with Gasteiger partial charge >= 0.3 is 0 Å². The van der Waals surface area contributed by atoms with E-state index in [9.17, 15) is 9.59 Å². The normalized spacial score (nSPS) is 18.4. The van der Waals surface area contributed by atoms with Crippen molar-refractivity contribution in [2.45, 2.75) is 26.1 Å². The number of hydrogen-bond acceptors (Lipinski definition) is 5. The zero-order valence-electron chi connectivity index (χ0n) is 16.8. The first-order valence-corrected chi connectivity index (χ1v) is 10.0. The summed E-state index contributed by atoms with van der Waals surface area (Å²) < 4.78 is 5.67. The van der Waals surface area contributed by atoms with Gasteiger partial charge in [-0.25, -0.2) is 0 Å². The monoisotopic (exact) mass is 426 g/mol. The first kappa shape index (κ1) is 21.6. The first-order valence-electron chi connectivity index (χ1n) is 9.64. The second-order valence-corrected chi connectivity index (χ2v) is 7.66. The van der Waals surface area contributed by atoms with Crippen molar-refractivity contribution < 1.29 is 14.3 Å². The number of benzene rings is 2. The lowest BCUT2D eigenvalue weighted by Crippen LogP contribution is -2.48. The van der Waals surface area contributed by atoms with Crippen molar-refractivity contribution in [3.8, 4) is 6.07 Å². The van der Waals surface area contributed by atoms with Crippen LogP contribution in [0, 0.1) is 11.3 Å². The fraction of sp³-hybridized carbons (Fsp3) is 0.318. The van der Waals surface area contributed by atoms with Crippen LogP contribution < -0.4 is 10.6 Å². The Bertz CT molecular complexity index is 961. The Morgan fingerprint density at radius 2 is 1.77 bits per heavy atom. The molecule has 2 amide bonds. The van der Waals surface area contributed by atoms with Gasteiger partial charge in [-0.2, -0.15) is 5.26 Å². The standard InChI is InChI=1S/C22H23ClN4O3/c1-14-12-27(13-15(2)30-14)22(29)16-3-6-18(7-4-16)25-11-21(28)26-19-8-5-17(10-24)20(23)9-19/h3-9,14-15,25H,11-13H2,1-2H3,(H,26,28). The Kier molecular flexibility index (Phi) is 6.93. The summed E-state index contributed by atoms with van der Waals surface area (Å²) in [6.07, 6.45) is 0.0336. The van der Waals surface area contributed by atoms with Crippen molar-refractivity contribution in [1.29, 1.82) is 5.26 Å². The quantitative estimate of drug-likeness (QED) is 0.762. The van der Waals surface area contributed by atoms with E-state index < -0.39 is 0 Å². The third kappa shape index (κ3) is 5.50. The molecular formula is C22H23ClN4O3. The van der Waals surface area contributed by atoms with Gasteiger partial charge in [0.1, 0.15) is 6.07 Å². The third-order valence-corrected chi connectivity index (χ3v) is 4.98. The van der Waals surface area contributed by atoms with Gasteiger partial charge in [0.05, 0.1) is 29.3 Å². The minimum absolute atomic E-state index is 0.0168. The number of nitrogens with zero attached hydrogens (tertiary/aromatic N) is 2. The van der Waals surface area contributed by atoms with Gasteiger partial charge in [0, 0.05) is 30.0 Å². The molecule has 30 heavy (non-hydrogen) atoms. The lowest BCUT2D eigenvalue weighted by atomic mass is 10.1. The molecule has 1 fully saturated rings. The van der Waals surface area contributed by atoms with E-state index in [0.29, 0.717) is 29.9 Å². The van der Waals surface area contributed by atoms with Gasteiger partial charge in [-0.3, -0.25) is 9.59 Å². The van der Waals surface area contributed by atoms with Crippen molar-refractivity contribution >= 4 is 34.8 Å². The highest BCUT2D eigenvalue weighted by Crippen LogP contribution is 2.20. The first-order chi connectivity index (χ1) is 14.4. The molecule has 1 aliphatic rings. The molecule has 2 aromatic carbocycles. The molecule has 1 heterocycles. The summed E-state index contributed by atoms with van der Waals surface area (Å²) in [7, 11) is 0. The highest BCUT2D eigenvalue weighted by Gasteiger charge is 2.26. The molecule has 8 heteroatoms. The summed E-state index contributed by atoms with van der Waals surface area (Å²) in [4.78, 5) is 26.6. The second kappa shape index (κ2) is 9.61. The molecule has 0 radical (unpaired) electrons. The molecule has 3 rings (SSSR count). The molecule has 0 aromatic heterocycles. The maximum Gasteiger partial charge on any atom is 0.254 e. The van der Waals surface area contributed by atoms with E-state index in [-0.39, 0.29) is 35.6 Å². The fourth-order valence-electron chi connectivity index (χ4n) is 3.33. The van der Waals surface area contributed by atoms with Crippen LogP contribution in [0.4, 0.5) is 11.4 Å². The van der Waals surface area contributed by atoms with E-state index >= 15 is 0 Å². The van der Waals surface area contributed by atoms with Crippen LogP contribution in [-0.2, 0) is 9.53 Å². The van der Waals surface area contributed by atoms with Crippen molar-refractivity contribution in [3.05, 3.63) is 58.6 Å². The van der Waals surface area contributed by atoms with Crippen molar-refractivity contribution in [2.24, 2.45) is 0 Å². The number of anilines is 2. The zero-order valence-corrected chi connectivity index (χ0v) is 17.6. The molecule has 0 spiro atoms. The average molecular weight is 427 g/mol. The van der Waals surface area contributed by atoms with Crippen molar-refractivity contribution in [3.63, 3.8) is 0 Å². The number of halogens is 1. The van der Waals surface area contributed by atoms with Crippen LogP contribution in [0.25, 0.3) is 0 Å². The van der Waals surface area contributed by atoms with E-state index in [1.54, 1.807) is 41.3 Å². The number of carbonyl (C=O) groups excluding carboxylic acids is 2. The molecule has 0 aliphatic carbocycles. The summed E-state index contributed by atoms with van der Waals surface area (Å²) >= 11 is 5.97. The Morgan fingerprint density at radius 1 is 1.13 bits per heavy atom. The smallest absolute Gasteiger partial charge is 0.254 e. The Hall–Kier alpha value is -3.08. The van der Waals surface area contributed by atoms with Crippen LogP contribution in [0.5, 0.6) is 0 Å². The van der Waals surface area contributed by atoms with Gasteiger partial charge in [0.15, 0.2) is 0 Å². The lowest BCUT2D eigenvalue weighted by Gasteiger charge is -2.35. The summed E-state index contributed by atoms with van der Waals surface area (Å²) in [5.41, 5.74) is 2.19. The van der Waals surface area contributed by atoms with E-state index in [1.165, 1.54) is 6.07 Å². The highest BCUT2D eigenvalue weighted by molar-refractivity contribution is 6.32. The Morgan fingerprint density at radius 3 is 2.37 bits per heavy atom. The van der Waals surface area contributed by atoms with Gasteiger partial charge in [-0.1, -0.05) is 11.6 Å². The fourth-order valence-corrected chi connectivity index (χ4v) is 3.55. The number of amides is 2. The molecule has 2 atom stereocenters. The highest BCUT2D eigenvalue weighted by atomic mass is 35.5. The van der Waals surface area contributed by atoms with E-state index in [2.05, 4.69) is 10.6 Å². The Labute approximate surface area is 180 Å². The van der Waals surface area contributed by atoms with E-state index in [0.717, 1.165) is 5.69 Å². The van der Waals surface area contributed by atoms with Gasteiger partial charge in [0.2, 0.25) is 5.91 Å². The SMILES string of the molecule is CC1CN(C(=O)c2ccc(NCC(=O)Nc3ccc(C#N)c(Cl)c3)cc2)CC(C)O1. The predicted molar refractivity (Wildman–Crippen MR) is 116 cm³/mol. The number of carbonyl (C=O) groups is 2. The number of morpholine rings is 1. The minimum atomic E-state index is -0.257. The zero-order chi connectivity index (χ0) is 21.7. The van der Waals surface area contributed by atoms with E-state index in [1.807, 2.05) is 19.9 Å². The second-order valence-electron chi connectivity index (χ2n) is 7.25. The summed E-state index contributed by atoms with van der Waals surface area (Å²) in [5, 5.41) is 14.9. The summed E-state index contributed by atoms with van der Waals surface area (Å²) in [6.45, 7) is 5.11. The molecule has 2 unspecified atom stereocenters. The molecule has 7 nitrogen and oxygen atoms in total. The maximum atomic E-state index is 12.7. The molecule has 0 bridgehead atoms. The molecule has 156 valence electrons. The topological polar surface area (TPSA) is 94.5 Å². The lowest BCUT2D eigenvalue weighted by molar-refractivity contribution is -0.114. The van der Waals surface area contributed by atoms with Crippen molar-refractivity contribution in [1.82, 2.24) is 4.90 Å². The molecular weight excluding hydrogens is 404 g/mol. The number of ether oxygens (including phenoxy) is 1. The summed E-state index contributed by atoms with van der Waals surface area (Å²) in [6, 6.07) is 13.7. The van der Waals surface area contributed by atoms with Gasteiger partial charge in [0.25, 0.3) is 5.91 Å². The Balaban J connectivity index is 1.53. The maximum absolute atomic E-state index is 12.7. The van der Waals surface area contributed by atoms with Crippen LogP contribution in [0.3, 0.4) is 0 Å². The van der Waals surface area contributed by atoms with Crippen LogP contribution in [0.2, 0.25) is 5.02 Å².